The Morgan fingerprint density at radius 1 is 1.21 bits per heavy atom. The highest BCUT2D eigenvalue weighted by Gasteiger charge is 2.10. The molecule has 0 unspecified atom stereocenters. The molecular weight excluding hydrogens is 349 g/mol. The van der Waals surface area contributed by atoms with Crippen molar-refractivity contribution >= 4 is 34.9 Å². The van der Waals surface area contributed by atoms with E-state index in [1.54, 1.807) is 6.20 Å². The summed E-state index contributed by atoms with van der Waals surface area (Å²) in [6.45, 7) is 2.62. The zero-order chi connectivity index (χ0) is 17.1. The zero-order valence-corrected chi connectivity index (χ0v) is 14.4. The molecule has 2 heterocycles. The number of nitrogens with one attached hydrogen (secondary N) is 1. The number of hydrogen-bond acceptors (Lipinski definition) is 3. The standard InChI is InChI=1S/C16H15Cl2N5O/c1-11-6-15(20-16(24)10-22-9-14(18)7-19-22)21-23(11)8-12-2-4-13(17)5-3-12/h2-7,9H,8,10H2,1H3,(H,20,21,24). The van der Waals surface area contributed by atoms with Crippen molar-refractivity contribution in [1.29, 1.82) is 0 Å². The first-order valence-corrected chi connectivity index (χ1v) is 8.02. The summed E-state index contributed by atoms with van der Waals surface area (Å²) in [5, 5.41) is 12.3. The molecule has 1 aromatic carbocycles. The highest BCUT2D eigenvalue weighted by molar-refractivity contribution is 6.30. The lowest BCUT2D eigenvalue weighted by molar-refractivity contribution is -0.116. The molecule has 0 aliphatic carbocycles. The molecule has 0 saturated heterocycles. The van der Waals surface area contributed by atoms with E-state index in [1.807, 2.05) is 41.9 Å². The lowest BCUT2D eigenvalue weighted by Crippen LogP contribution is -2.19. The highest BCUT2D eigenvalue weighted by atomic mass is 35.5. The Bertz CT molecular complexity index is 854. The first-order chi connectivity index (χ1) is 11.5. The number of nitrogens with zero attached hydrogens (tertiary/aromatic N) is 4. The van der Waals surface area contributed by atoms with Gasteiger partial charge in [-0.15, -0.1) is 0 Å². The van der Waals surface area contributed by atoms with E-state index in [2.05, 4.69) is 15.5 Å². The molecule has 124 valence electrons. The summed E-state index contributed by atoms with van der Waals surface area (Å²) in [4.78, 5) is 12.0. The van der Waals surface area contributed by atoms with Gasteiger partial charge in [0.1, 0.15) is 6.54 Å². The summed E-state index contributed by atoms with van der Waals surface area (Å²) in [6, 6.07) is 9.40. The van der Waals surface area contributed by atoms with E-state index in [0.717, 1.165) is 11.3 Å². The van der Waals surface area contributed by atoms with E-state index < -0.39 is 0 Å². The first-order valence-electron chi connectivity index (χ1n) is 7.26. The molecule has 8 heteroatoms. The number of halogens is 2. The fraction of sp³-hybridized carbons (Fsp3) is 0.188. The monoisotopic (exact) mass is 363 g/mol. The third kappa shape index (κ3) is 4.15. The van der Waals surface area contributed by atoms with E-state index >= 15 is 0 Å². The molecule has 3 aromatic rings. The van der Waals surface area contributed by atoms with Crippen molar-refractivity contribution in [2.24, 2.45) is 0 Å². The van der Waals surface area contributed by atoms with E-state index in [0.29, 0.717) is 22.4 Å². The average Bonchev–Trinajstić information content (AvgIpc) is 3.07. The van der Waals surface area contributed by atoms with Gasteiger partial charge in [-0.25, -0.2) is 0 Å². The Kier molecular flexibility index (Phi) is 4.87. The Labute approximate surface area is 149 Å². The molecule has 1 amide bonds. The van der Waals surface area contributed by atoms with Crippen LogP contribution < -0.4 is 5.32 Å². The van der Waals surface area contributed by atoms with Crippen LogP contribution in [0.5, 0.6) is 0 Å². The van der Waals surface area contributed by atoms with Crippen molar-refractivity contribution in [3.05, 3.63) is 64.0 Å². The number of hydrogen-bond donors (Lipinski definition) is 1. The van der Waals surface area contributed by atoms with Gasteiger partial charge in [-0.05, 0) is 24.6 Å². The van der Waals surface area contributed by atoms with Gasteiger partial charge in [-0.2, -0.15) is 10.2 Å². The van der Waals surface area contributed by atoms with E-state index in [1.165, 1.54) is 10.9 Å². The summed E-state index contributed by atoms with van der Waals surface area (Å²) < 4.78 is 3.29. The molecule has 0 aliphatic rings. The number of carbonyl (C=O) groups is 1. The molecule has 0 saturated carbocycles. The second-order valence-corrected chi connectivity index (χ2v) is 6.23. The minimum Gasteiger partial charge on any atom is -0.308 e. The minimum atomic E-state index is -0.217. The van der Waals surface area contributed by atoms with Gasteiger partial charge in [0.05, 0.1) is 17.8 Å². The molecule has 0 radical (unpaired) electrons. The van der Waals surface area contributed by atoms with Gasteiger partial charge < -0.3 is 5.32 Å². The molecule has 0 fully saturated rings. The number of anilines is 1. The fourth-order valence-electron chi connectivity index (χ4n) is 2.25. The molecule has 0 aliphatic heterocycles. The lowest BCUT2D eigenvalue weighted by atomic mass is 10.2. The predicted octanol–water partition coefficient (Wildman–Crippen LogP) is 3.38. The van der Waals surface area contributed by atoms with E-state index in [9.17, 15) is 4.79 Å². The van der Waals surface area contributed by atoms with Crippen LogP contribution in [-0.2, 0) is 17.9 Å². The average molecular weight is 364 g/mol. The van der Waals surface area contributed by atoms with Crippen LogP contribution >= 0.6 is 23.2 Å². The zero-order valence-electron chi connectivity index (χ0n) is 12.9. The number of aromatic nitrogens is 4. The van der Waals surface area contributed by atoms with Crippen molar-refractivity contribution in [1.82, 2.24) is 19.6 Å². The van der Waals surface area contributed by atoms with Gasteiger partial charge in [-0.1, -0.05) is 35.3 Å². The molecule has 0 atom stereocenters. The van der Waals surface area contributed by atoms with Crippen LogP contribution in [0.2, 0.25) is 10.0 Å². The maximum absolute atomic E-state index is 12.0. The van der Waals surface area contributed by atoms with Gasteiger partial charge in [0.25, 0.3) is 0 Å². The second kappa shape index (κ2) is 7.07. The third-order valence-electron chi connectivity index (χ3n) is 3.40. The van der Waals surface area contributed by atoms with Crippen LogP contribution in [0.25, 0.3) is 0 Å². The lowest BCUT2D eigenvalue weighted by Gasteiger charge is -2.05. The highest BCUT2D eigenvalue weighted by Crippen LogP contribution is 2.14. The van der Waals surface area contributed by atoms with Crippen molar-refractivity contribution in [3.8, 4) is 0 Å². The van der Waals surface area contributed by atoms with Crippen molar-refractivity contribution < 1.29 is 4.79 Å². The van der Waals surface area contributed by atoms with Crippen LogP contribution in [0.15, 0.2) is 42.7 Å². The summed E-state index contributed by atoms with van der Waals surface area (Å²) >= 11 is 11.7. The number of amides is 1. The smallest absolute Gasteiger partial charge is 0.247 e. The Balaban J connectivity index is 1.65. The van der Waals surface area contributed by atoms with E-state index in [4.69, 9.17) is 23.2 Å². The number of rotatable bonds is 5. The van der Waals surface area contributed by atoms with Crippen LogP contribution in [0.1, 0.15) is 11.3 Å². The Morgan fingerprint density at radius 2 is 1.96 bits per heavy atom. The molecule has 3 rings (SSSR count). The SMILES string of the molecule is Cc1cc(NC(=O)Cn2cc(Cl)cn2)nn1Cc1ccc(Cl)cc1. The molecule has 6 nitrogen and oxygen atoms in total. The third-order valence-corrected chi connectivity index (χ3v) is 3.85. The number of carbonyl (C=O) groups excluding carboxylic acids is 1. The molecule has 1 N–H and O–H groups in total. The van der Waals surface area contributed by atoms with Crippen LogP contribution in [0.3, 0.4) is 0 Å². The maximum atomic E-state index is 12.0. The summed E-state index contributed by atoms with van der Waals surface area (Å²) in [6.07, 6.45) is 3.07. The van der Waals surface area contributed by atoms with Crippen LogP contribution in [-0.4, -0.2) is 25.5 Å². The maximum Gasteiger partial charge on any atom is 0.247 e. The molecule has 0 bridgehead atoms. The normalized spacial score (nSPS) is 10.8. The molecule has 0 spiro atoms. The Morgan fingerprint density at radius 3 is 2.62 bits per heavy atom. The van der Waals surface area contributed by atoms with Gasteiger partial charge in [0.2, 0.25) is 5.91 Å². The minimum absolute atomic E-state index is 0.0792. The van der Waals surface area contributed by atoms with Gasteiger partial charge in [0.15, 0.2) is 5.82 Å². The van der Waals surface area contributed by atoms with Crippen molar-refractivity contribution in [3.63, 3.8) is 0 Å². The quantitative estimate of drug-likeness (QED) is 0.755. The second-order valence-electron chi connectivity index (χ2n) is 5.36. The molecule has 24 heavy (non-hydrogen) atoms. The molecule has 2 aromatic heterocycles. The fourth-order valence-corrected chi connectivity index (χ4v) is 2.53. The first kappa shape index (κ1) is 16.5. The number of aryl methyl sites for hydroxylation is 1. The van der Waals surface area contributed by atoms with Gasteiger partial charge >= 0.3 is 0 Å². The summed E-state index contributed by atoms with van der Waals surface area (Å²) in [7, 11) is 0. The van der Waals surface area contributed by atoms with E-state index in [-0.39, 0.29) is 12.5 Å². The van der Waals surface area contributed by atoms with Crippen LogP contribution in [0, 0.1) is 6.92 Å². The van der Waals surface area contributed by atoms with Gasteiger partial charge in [0, 0.05) is 23.0 Å². The number of benzene rings is 1. The molecular formula is C16H15Cl2N5O. The van der Waals surface area contributed by atoms with Gasteiger partial charge in [-0.3, -0.25) is 14.2 Å². The topological polar surface area (TPSA) is 64.7 Å². The largest absolute Gasteiger partial charge is 0.308 e. The predicted molar refractivity (Wildman–Crippen MR) is 93.4 cm³/mol. The van der Waals surface area contributed by atoms with Crippen molar-refractivity contribution in [2.45, 2.75) is 20.0 Å². The summed E-state index contributed by atoms with van der Waals surface area (Å²) in [5.74, 6) is 0.288. The Hall–Kier alpha value is -2.31. The summed E-state index contributed by atoms with van der Waals surface area (Å²) in [5.41, 5.74) is 2.03. The van der Waals surface area contributed by atoms with Crippen LogP contribution in [0.4, 0.5) is 5.82 Å². The van der Waals surface area contributed by atoms with Crippen molar-refractivity contribution in [2.75, 3.05) is 5.32 Å².